The highest BCUT2D eigenvalue weighted by atomic mass is 16.5. The summed E-state index contributed by atoms with van der Waals surface area (Å²) < 4.78 is 7.91. The quantitative estimate of drug-likeness (QED) is 0.826. The van der Waals surface area contributed by atoms with E-state index in [1.807, 2.05) is 25.2 Å². The van der Waals surface area contributed by atoms with Crippen LogP contribution in [-0.4, -0.2) is 22.3 Å². The first-order valence-corrected chi connectivity index (χ1v) is 6.56. The first kappa shape index (κ1) is 11.5. The summed E-state index contributed by atoms with van der Waals surface area (Å²) >= 11 is 0. The number of aryl methyl sites for hydroxylation is 1. The molecule has 96 valence electrons. The number of ether oxygens (including phenoxy) is 1. The summed E-state index contributed by atoms with van der Waals surface area (Å²) in [6.45, 7) is 0.890. The summed E-state index contributed by atoms with van der Waals surface area (Å²) in [4.78, 5) is 4.67. The molecule has 1 aromatic heterocycles. The number of rotatable bonds is 2. The van der Waals surface area contributed by atoms with E-state index in [1.54, 1.807) is 0 Å². The highest BCUT2D eigenvalue weighted by molar-refractivity contribution is 5.79. The van der Waals surface area contributed by atoms with Gasteiger partial charge in [0.05, 0.1) is 17.1 Å². The monoisotopic (exact) mass is 245 g/mol. The van der Waals surface area contributed by atoms with E-state index in [0.29, 0.717) is 6.10 Å². The molecule has 2 heterocycles. The topological polar surface area (TPSA) is 53.1 Å². The number of imidazole rings is 1. The SMILES string of the molecule is Cn1c(CC2CCCCO2)nc2ccc(N)cc21. The number of nitrogens with two attached hydrogens (primary N) is 1. The van der Waals surface area contributed by atoms with E-state index in [2.05, 4.69) is 9.55 Å². The van der Waals surface area contributed by atoms with E-state index < -0.39 is 0 Å². The summed E-state index contributed by atoms with van der Waals surface area (Å²) in [5, 5.41) is 0. The highest BCUT2D eigenvalue weighted by Crippen LogP contribution is 2.21. The molecular weight excluding hydrogens is 226 g/mol. The number of fused-ring (bicyclic) bond motifs is 1. The zero-order valence-corrected chi connectivity index (χ0v) is 10.7. The Bertz CT molecular complexity index is 555. The number of aromatic nitrogens is 2. The van der Waals surface area contributed by atoms with Gasteiger partial charge in [-0.1, -0.05) is 0 Å². The van der Waals surface area contributed by atoms with Gasteiger partial charge in [-0.2, -0.15) is 0 Å². The van der Waals surface area contributed by atoms with Crippen molar-refractivity contribution in [2.75, 3.05) is 12.3 Å². The van der Waals surface area contributed by atoms with Crippen molar-refractivity contribution in [3.8, 4) is 0 Å². The van der Waals surface area contributed by atoms with Crippen LogP contribution >= 0.6 is 0 Å². The van der Waals surface area contributed by atoms with Crippen molar-refractivity contribution in [2.24, 2.45) is 7.05 Å². The first-order valence-electron chi connectivity index (χ1n) is 6.56. The Morgan fingerprint density at radius 3 is 3.11 bits per heavy atom. The average molecular weight is 245 g/mol. The van der Waals surface area contributed by atoms with Gasteiger partial charge in [0, 0.05) is 25.8 Å². The minimum atomic E-state index is 0.326. The molecule has 0 radical (unpaired) electrons. The van der Waals surface area contributed by atoms with Gasteiger partial charge in [-0.05, 0) is 37.5 Å². The predicted molar refractivity (Wildman–Crippen MR) is 72.4 cm³/mol. The summed E-state index contributed by atoms with van der Waals surface area (Å²) in [6.07, 6.45) is 4.82. The van der Waals surface area contributed by atoms with Crippen molar-refractivity contribution in [1.29, 1.82) is 0 Å². The molecule has 4 nitrogen and oxygen atoms in total. The Balaban J connectivity index is 1.89. The third-order valence-electron chi connectivity index (χ3n) is 3.68. The van der Waals surface area contributed by atoms with Gasteiger partial charge in [-0.15, -0.1) is 0 Å². The molecule has 0 saturated carbocycles. The molecule has 3 rings (SSSR count). The van der Waals surface area contributed by atoms with Gasteiger partial charge >= 0.3 is 0 Å². The number of hydrogen-bond donors (Lipinski definition) is 1. The highest BCUT2D eigenvalue weighted by Gasteiger charge is 2.17. The molecule has 1 atom stereocenters. The van der Waals surface area contributed by atoms with Crippen LogP contribution in [0.25, 0.3) is 11.0 Å². The fraction of sp³-hybridized carbons (Fsp3) is 0.500. The second-order valence-electron chi connectivity index (χ2n) is 5.03. The van der Waals surface area contributed by atoms with Gasteiger partial charge in [0.2, 0.25) is 0 Å². The van der Waals surface area contributed by atoms with Crippen LogP contribution in [0.15, 0.2) is 18.2 Å². The standard InChI is InChI=1S/C14H19N3O/c1-17-13-8-10(15)5-6-12(13)16-14(17)9-11-4-2-3-7-18-11/h5-6,8,11H,2-4,7,9,15H2,1H3. The lowest BCUT2D eigenvalue weighted by molar-refractivity contribution is 0.0153. The van der Waals surface area contributed by atoms with Crippen LogP contribution in [0.5, 0.6) is 0 Å². The molecule has 1 aliphatic rings. The van der Waals surface area contributed by atoms with Gasteiger partial charge in [0.1, 0.15) is 5.82 Å². The molecular formula is C14H19N3O. The van der Waals surface area contributed by atoms with Crippen molar-refractivity contribution in [3.05, 3.63) is 24.0 Å². The average Bonchev–Trinajstić information content (AvgIpc) is 2.68. The number of anilines is 1. The molecule has 1 unspecified atom stereocenters. The van der Waals surface area contributed by atoms with E-state index in [4.69, 9.17) is 10.5 Å². The maximum Gasteiger partial charge on any atom is 0.112 e. The Labute approximate surface area is 107 Å². The van der Waals surface area contributed by atoms with Gasteiger partial charge in [-0.25, -0.2) is 4.98 Å². The third-order valence-corrected chi connectivity index (χ3v) is 3.68. The van der Waals surface area contributed by atoms with Crippen LogP contribution in [0.4, 0.5) is 5.69 Å². The van der Waals surface area contributed by atoms with Crippen LogP contribution in [-0.2, 0) is 18.2 Å². The van der Waals surface area contributed by atoms with E-state index in [1.165, 1.54) is 12.8 Å². The minimum Gasteiger partial charge on any atom is -0.399 e. The van der Waals surface area contributed by atoms with Crippen molar-refractivity contribution in [1.82, 2.24) is 9.55 Å². The minimum absolute atomic E-state index is 0.326. The Kier molecular flexibility index (Phi) is 2.96. The maximum atomic E-state index is 5.82. The lowest BCUT2D eigenvalue weighted by Crippen LogP contribution is -2.22. The van der Waals surface area contributed by atoms with Crippen molar-refractivity contribution in [2.45, 2.75) is 31.8 Å². The second kappa shape index (κ2) is 4.61. The predicted octanol–water partition coefficient (Wildman–Crippen LogP) is 2.27. The van der Waals surface area contributed by atoms with E-state index in [9.17, 15) is 0 Å². The number of benzene rings is 1. The molecule has 2 aromatic rings. The second-order valence-corrected chi connectivity index (χ2v) is 5.03. The van der Waals surface area contributed by atoms with Gasteiger partial charge < -0.3 is 15.0 Å². The molecule has 1 saturated heterocycles. The van der Waals surface area contributed by atoms with Crippen LogP contribution in [0.1, 0.15) is 25.1 Å². The van der Waals surface area contributed by atoms with E-state index in [0.717, 1.165) is 42.0 Å². The van der Waals surface area contributed by atoms with Crippen LogP contribution in [0, 0.1) is 0 Å². The molecule has 0 bridgehead atoms. The molecule has 1 aromatic carbocycles. The summed E-state index contributed by atoms with van der Waals surface area (Å²) in [7, 11) is 2.05. The lowest BCUT2D eigenvalue weighted by atomic mass is 10.1. The Morgan fingerprint density at radius 1 is 1.44 bits per heavy atom. The van der Waals surface area contributed by atoms with Crippen LogP contribution in [0.3, 0.4) is 0 Å². The molecule has 2 N–H and O–H groups in total. The largest absolute Gasteiger partial charge is 0.399 e. The lowest BCUT2D eigenvalue weighted by Gasteiger charge is -2.22. The molecule has 0 amide bonds. The summed E-state index contributed by atoms with van der Waals surface area (Å²) in [5.74, 6) is 1.09. The van der Waals surface area contributed by atoms with Crippen LogP contribution < -0.4 is 5.73 Å². The molecule has 4 heteroatoms. The fourth-order valence-electron chi connectivity index (χ4n) is 2.61. The summed E-state index contributed by atoms with van der Waals surface area (Å²) in [5.41, 5.74) is 8.71. The van der Waals surface area contributed by atoms with E-state index in [-0.39, 0.29) is 0 Å². The molecule has 18 heavy (non-hydrogen) atoms. The van der Waals surface area contributed by atoms with Crippen LogP contribution in [0.2, 0.25) is 0 Å². The Hall–Kier alpha value is -1.55. The fourth-order valence-corrected chi connectivity index (χ4v) is 2.61. The molecule has 1 aliphatic heterocycles. The van der Waals surface area contributed by atoms with Crippen molar-refractivity contribution in [3.63, 3.8) is 0 Å². The number of hydrogen-bond acceptors (Lipinski definition) is 3. The maximum absolute atomic E-state index is 5.82. The van der Waals surface area contributed by atoms with Gasteiger partial charge in [-0.3, -0.25) is 0 Å². The molecule has 1 fully saturated rings. The third kappa shape index (κ3) is 2.08. The normalized spacial score (nSPS) is 20.4. The molecule has 0 spiro atoms. The zero-order chi connectivity index (χ0) is 12.5. The zero-order valence-electron chi connectivity index (χ0n) is 10.7. The first-order chi connectivity index (χ1) is 8.74. The smallest absolute Gasteiger partial charge is 0.112 e. The van der Waals surface area contributed by atoms with Gasteiger partial charge in [0.15, 0.2) is 0 Å². The Morgan fingerprint density at radius 2 is 2.33 bits per heavy atom. The number of nitrogens with zero attached hydrogens (tertiary/aromatic N) is 2. The van der Waals surface area contributed by atoms with Gasteiger partial charge in [0.25, 0.3) is 0 Å². The van der Waals surface area contributed by atoms with Crippen molar-refractivity contribution < 1.29 is 4.74 Å². The summed E-state index contributed by atoms with van der Waals surface area (Å²) in [6, 6.07) is 5.86. The number of nitrogen functional groups attached to an aromatic ring is 1. The van der Waals surface area contributed by atoms with E-state index >= 15 is 0 Å². The molecule has 0 aliphatic carbocycles. The van der Waals surface area contributed by atoms with Crippen molar-refractivity contribution >= 4 is 16.7 Å².